The SMILES string of the molecule is CN1C(=O)C[C@H](C(=O)O)C12CCN(S(=O)(=O)c1ccccc1)CC2. The fourth-order valence-corrected chi connectivity index (χ4v) is 5.30. The zero-order valence-electron chi connectivity index (χ0n) is 13.4. The Kier molecular flexibility index (Phi) is 4.13. The van der Waals surface area contributed by atoms with Crippen LogP contribution in [0.15, 0.2) is 35.2 Å². The highest BCUT2D eigenvalue weighted by Gasteiger charge is 2.56. The number of rotatable bonds is 3. The topological polar surface area (TPSA) is 95.0 Å². The van der Waals surface area contributed by atoms with Gasteiger partial charge in [0, 0.05) is 26.6 Å². The smallest absolute Gasteiger partial charge is 0.309 e. The van der Waals surface area contributed by atoms with Gasteiger partial charge in [0.25, 0.3) is 0 Å². The van der Waals surface area contributed by atoms with Crippen molar-refractivity contribution in [2.75, 3.05) is 20.1 Å². The van der Waals surface area contributed by atoms with Crippen molar-refractivity contribution in [1.29, 1.82) is 0 Å². The maximum absolute atomic E-state index is 12.7. The van der Waals surface area contributed by atoms with Gasteiger partial charge < -0.3 is 10.0 Å². The minimum atomic E-state index is -3.59. The van der Waals surface area contributed by atoms with Crippen LogP contribution in [0.3, 0.4) is 0 Å². The molecule has 0 aliphatic carbocycles. The van der Waals surface area contributed by atoms with Gasteiger partial charge in [-0.15, -0.1) is 0 Å². The Bertz CT molecular complexity index is 754. The van der Waals surface area contributed by atoms with Crippen LogP contribution in [0.1, 0.15) is 19.3 Å². The van der Waals surface area contributed by atoms with Crippen LogP contribution in [0, 0.1) is 5.92 Å². The molecule has 2 fully saturated rings. The zero-order valence-corrected chi connectivity index (χ0v) is 14.2. The molecule has 24 heavy (non-hydrogen) atoms. The molecule has 2 saturated heterocycles. The molecular weight excluding hydrogens is 332 g/mol. The van der Waals surface area contributed by atoms with Crippen LogP contribution >= 0.6 is 0 Å². The largest absolute Gasteiger partial charge is 0.481 e. The summed E-state index contributed by atoms with van der Waals surface area (Å²) in [5.74, 6) is -1.97. The van der Waals surface area contributed by atoms with Crippen LogP contribution in [0.4, 0.5) is 0 Å². The van der Waals surface area contributed by atoms with E-state index in [0.29, 0.717) is 12.8 Å². The second kappa shape index (κ2) is 5.86. The molecule has 0 bridgehead atoms. The summed E-state index contributed by atoms with van der Waals surface area (Å²) in [4.78, 5) is 25.3. The highest BCUT2D eigenvalue weighted by Crippen LogP contribution is 2.43. The van der Waals surface area contributed by atoms with Crippen LogP contribution in [-0.2, 0) is 19.6 Å². The first-order chi connectivity index (χ1) is 11.3. The Hall–Kier alpha value is -1.93. The maximum Gasteiger partial charge on any atom is 0.309 e. The summed E-state index contributed by atoms with van der Waals surface area (Å²) >= 11 is 0. The fraction of sp³-hybridized carbons (Fsp3) is 0.500. The molecular formula is C16H20N2O5S. The average Bonchev–Trinajstić information content (AvgIpc) is 2.81. The Morgan fingerprint density at radius 3 is 2.33 bits per heavy atom. The number of piperidine rings is 1. The molecule has 0 unspecified atom stereocenters. The van der Waals surface area contributed by atoms with Gasteiger partial charge in [0.05, 0.1) is 16.4 Å². The van der Waals surface area contributed by atoms with Crippen molar-refractivity contribution in [3.05, 3.63) is 30.3 Å². The summed E-state index contributed by atoms with van der Waals surface area (Å²) in [6.45, 7) is 0.414. The van der Waals surface area contributed by atoms with E-state index in [-0.39, 0.29) is 30.3 Å². The number of nitrogens with zero attached hydrogens (tertiary/aromatic N) is 2. The molecule has 8 heteroatoms. The van der Waals surface area contributed by atoms with Gasteiger partial charge in [-0.1, -0.05) is 18.2 Å². The van der Waals surface area contributed by atoms with Crippen LogP contribution in [0.2, 0.25) is 0 Å². The number of sulfonamides is 1. The maximum atomic E-state index is 12.7. The number of carbonyl (C=O) groups is 2. The van der Waals surface area contributed by atoms with Crippen molar-refractivity contribution in [2.45, 2.75) is 29.7 Å². The first kappa shape index (κ1) is 16.9. The average molecular weight is 352 g/mol. The molecule has 2 heterocycles. The van der Waals surface area contributed by atoms with Crippen molar-refractivity contribution >= 4 is 21.9 Å². The van der Waals surface area contributed by atoms with Crippen LogP contribution in [0.5, 0.6) is 0 Å². The zero-order chi connectivity index (χ0) is 17.5. The van der Waals surface area contributed by atoms with E-state index in [4.69, 9.17) is 0 Å². The van der Waals surface area contributed by atoms with Gasteiger partial charge in [0.2, 0.25) is 15.9 Å². The van der Waals surface area contributed by atoms with E-state index >= 15 is 0 Å². The van der Waals surface area contributed by atoms with E-state index < -0.39 is 27.4 Å². The lowest BCUT2D eigenvalue weighted by Crippen LogP contribution is -2.56. The summed E-state index contributed by atoms with van der Waals surface area (Å²) in [5, 5.41) is 9.46. The van der Waals surface area contributed by atoms with Gasteiger partial charge >= 0.3 is 5.97 Å². The first-order valence-corrected chi connectivity index (χ1v) is 9.28. The molecule has 1 aromatic rings. The number of carboxylic acid groups (broad SMARTS) is 1. The van der Waals surface area contributed by atoms with E-state index in [9.17, 15) is 23.1 Å². The quantitative estimate of drug-likeness (QED) is 0.867. The highest BCUT2D eigenvalue weighted by molar-refractivity contribution is 7.89. The first-order valence-electron chi connectivity index (χ1n) is 7.84. The molecule has 1 spiro atoms. The van der Waals surface area contributed by atoms with Crippen molar-refractivity contribution in [1.82, 2.24) is 9.21 Å². The number of hydrogen-bond donors (Lipinski definition) is 1. The normalized spacial score (nSPS) is 24.5. The van der Waals surface area contributed by atoms with Crippen molar-refractivity contribution in [2.24, 2.45) is 5.92 Å². The summed E-state index contributed by atoms with van der Waals surface area (Å²) in [6, 6.07) is 8.18. The standard InChI is InChI=1S/C16H20N2O5S/c1-17-14(19)11-13(15(20)21)16(17)7-9-18(10-8-16)24(22,23)12-5-3-2-4-6-12/h2-6,13H,7-11H2,1H3,(H,20,21)/t13-/m1/s1. The van der Waals surface area contributed by atoms with Gasteiger partial charge in [-0.25, -0.2) is 8.42 Å². The third-order valence-electron chi connectivity index (χ3n) is 5.34. The molecule has 1 aromatic carbocycles. The molecule has 7 nitrogen and oxygen atoms in total. The predicted molar refractivity (Wildman–Crippen MR) is 85.7 cm³/mol. The molecule has 3 rings (SSSR count). The predicted octanol–water partition coefficient (Wildman–Crippen LogP) is 0.773. The molecule has 0 saturated carbocycles. The molecule has 1 amide bonds. The highest BCUT2D eigenvalue weighted by atomic mass is 32.2. The number of likely N-dealkylation sites (tertiary alicyclic amines) is 1. The van der Waals surface area contributed by atoms with Crippen LogP contribution < -0.4 is 0 Å². The van der Waals surface area contributed by atoms with E-state index in [1.54, 1.807) is 37.4 Å². The fourth-order valence-electron chi connectivity index (χ4n) is 3.84. The monoisotopic (exact) mass is 352 g/mol. The van der Waals surface area contributed by atoms with Gasteiger partial charge in [-0.3, -0.25) is 9.59 Å². The van der Waals surface area contributed by atoms with Gasteiger partial charge in [0.1, 0.15) is 0 Å². The Balaban J connectivity index is 1.83. The summed E-state index contributed by atoms with van der Waals surface area (Å²) in [6.07, 6.45) is 0.647. The summed E-state index contributed by atoms with van der Waals surface area (Å²) in [5.41, 5.74) is -0.786. The lowest BCUT2D eigenvalue weighted by Gasteiger charge is -2.45. The van der Waals surface area contributed by atoms with Crippen molar-refractivity contribution in [3.63, 3.8) is 0 Å². The Morgan fingerprint density at radius 2 is 1.79 bits per heavy atom. The third-order valence-corrected chi connectivity index (χ3v) is 7.25. The number of benzene rings is 1. The molecule has 2 aliphatic heterocycles. The number of amides is 1. The third kappa shape index (κ3) is 2.50. The molecule has 1 N–H and O–H groups in total. The minimum Gasteiger partial charge on any atom is -0.481 e. The summed E-state index contributed by atoms with van der Waals surface area (Å²) < 4.78 is 26.7. The van der Waals surface area contributed by atoms with E-state index in [2.05, 4.69) is 0 Å². The molecule has 1 atom stereocenters. The second-order valence-electron chi connectivity index (χ2n) is 6.37. The molecule has 0 aromatic heterocycles. The van der Waals surface area contributed by atoms with Crippen molar-refractivity contribution in [3.8, 4) is 0 Å². The molecule has 0 radical (unpaired) electrons. The minimum absolute atomic E-state index is 0.0166. The van der Waals surface area contributed by atoms with Gasteiger partial charge in [-0.2, -0.15) is 4.31 Å². The molecule has 130 valence electrons. The lowest BCUT2D eigenvalue weighted by molar-refractivity contribution is -0.145. The lowest BCUT2D eigenvalue weighted by atomic mass is 9.77. The number of hydrogen-bond acceptors (Lipinski definition) is 4. The van der Waals surface area contributed by atoms with E-state index in [1.807, 2.05) is 0 Å². The number of aliphatic carboxylic acids is 1. The van der Waals surface area contributed by atoms with Crippen molar-refractivity contribution < 1.29 is 23.1 Å². The Labute approximate surface area is 140 Å². The number of carboxylic acids is 1. The second-order valence-corrected chi connectivity index (χ2v) is 8.31. The number of carbonyl (C=O) groups excluding carboxylic acids is 1. The van der Waals surface area contributed by atoms with Gasteiger partial charge in [-0.05, 0) is 25.0 Å². The van der Waals surface area contributed by atoms with Crippen LogP contribution in [-0.4, -0.2) is 60.3 Å². The summed E-state index contributed by atoms with van der Waals surface area (Å²) in [7, 11) is -1.98. The van der Waals surface area contributed by atoms with E-state index in [1.165, 1.54) is 9.21 Å². The van der Waals surface area contributed by atoms with Gasteiger partial charge in [0.15, 0.2) is 0 Å². The van der Waals surface area contributed by atoms with E-state index in [0.717, 1.165) is 0 Å². The van der Waals surface area contributed by atoms with Crippen LogP contribution in [0.25, 0.3) is 0 Å². The Morgan fingerprint density at radius 1 is 1.21 bits per heavy atom. The molecule has 2 aliphatic rings.